The summed E-state index contributed by atoms with van der Waals surface area (Å²) in [6.45, 7) is 2.96. The first-order chi connectivity index (χ1) is 16.6. The molecule has 0 atom stereocenters. The third-order valence-corrected chi connectivity index (χ3v) is 8.33. The van der Waals surface area contributed by atoms with Crippen LogP contribution in [0.1, 0.15) is 67.3 Å². The van der Waals surface area contributed by atoms with E-state index in [9.17, 15) is 18.0 Å². The average Bonchev–Trinajstić information content (AvgIpc) is 3.33. The summed E-state index contributed by atoms with van der Waals surface area (Å²) in [6, 6.07) is 2.69. The fourth-order valence-electron chi connectivity index (χ4n) is 6.07. The lowest BCUT2D eigenvalue weighted by atomic mass is 9.57. The molecule has 2 saturated carbocycles. The minimum atomic E-state index is -4.35. The number of hydrogen-bond acceptors (Lipinski definition) is 5. The van der Waals surface area contributed by atoms with E-state index < -0.39 is 11.7 Å². The normalized spacial score (nSPS) is 23.8. The Kier molecular flexibility index (Phi) is 5.14. The number of urea groups is 1. The van der Waals surface area contributed by atoms with Crippen LogP contribution in [-0.2, 0) is 18.1 Å². The molecule has 11 heteroatoms. The molecule has 1 spiro atoms. The van der Waals surface area contributed by atoms with E-state index in [0.29, 0.717) is 31.1 Å². The van der Waals surface area contributed by atoms with Crippen LogP contribution in [0, 0.1) is 11.3 Å². The van der Waals surface area contributed by atoms with Crippen molar-refractivity contribution in [3.05, 3.63) is 41.2 Å². The van der Waals surface area contributed by atoms with E-state index in [0.717, 1.165) is 75.5 Å². The topological polar surface area (TPSA) is 104 Å². The van der Waals surface area contributed by atoms with E-state index in [1.807, 2.05) is 9.80 Å². The molecular weight excluding hydrogens is 459 g/mol. The van der Waals surface area contributed by atoms with Gasteiger partial charge in [0, 0.05) is 49.4 Å². The fourth-order valence-corrected chi connectivity index (χ4v) is 6.07. The molecule has 2 aliphatic heterocycles. The van der Waals surface area contributed by atoms with Gasteiger partial charge in [0.05, 0.1) is 11.1 Å². The number of carbonyl (C=O) groups excluding carboxylic acids is 1. The Morgan fingerprint density at radius 2 is 1.83 bits per heavy atom. The summed E-state index contributed by atoms with van der Waals surface area (Å²) in [6.07, 6.45) is 2.86. The van der Waals surface area contributed by atoms with Crippen LogP contribution in [0.2, 0.25) is 0 Å². The SMILES string of the molecule is NC1(c2nnc(C3CCN(C(=O)N4CC5(CC(Cc6ccc(C(F)(F)F)cn6)C5)C4)CC3)[nH]2)CC1. The lowest BCUT2D eigenvalue weighted by Gasteiger charge is -2.59. The van der Waals surface area contributed by atoms with Crippen molar-refractivity contribution >= 4 is 6.03 Å². The Bertz CT molecular complexity index is 1090. The number of likely N-dealkylation sites (tertiary alicyclic amines) is 2. The van der Waals surface area contributed by atoms with Gasteiger partial charge in [0.15, 0.2) is 5.82 Å². The second-order valence-corrected chi connectivity index (χ2v) is 11.1. The molecule has 2 aliphatic carbocycles. The first kappa shape index (κ1) is 22.8. The maximum absolute atomic E-state index is 13.0. The summed E-state index contributed by atoms with van der Waals surface area (Å²) in [4.78, 5) is 24.2. The van der Waals surface area contributed by atoms with E-state index in [2.05, 4.69) is 20.2 Å². The number of nitrogens with two attached hydrogens (primary N) is 1. The van der Waals surface area contributed by atoms with Crippen LogP contribution in [0.25, 0.3) is 0 Å². The van der Waals surface area contributed by atoms with Gasteiger partial charge in [0.1, 0.15) is 5.82 Å². The van der Waals surface area contributed by atoms with Gasteiger partial charge < -0.3 is 20.5 Å². The standard InChI is InChI=1S/C24H30F3N7O/c25-24(26,27)17-1-2-18(29-12-17)9-15-10-22(11-15)13-34(14-22)21(35)33-7-3-16(4-8-33)19-30-20(32-31-19)23(28)5-6-23/h1-2,12,15-16H,3-11,13-14,28H2,(H,30,31,32). The van der Waals surface area contributed by atoms with Gasteiger partial charge in [-0.05, 0) is 63.0 Å². The second kappa shape index (κ2) is 7.91. The molecule has 0 unspecified atom stereocenters. The first-order valence-corrected chi connectivity index (χ1v) is 12.4. The molecule has 2 aromatic heterocycles. The maximum atomic E-state index is 13.0. The molecule has 8 nitrogen and oxygen atoms in total. The number of rotatable bonds is 4. The molecule has 2 saturated heterocycles. The van der Waals surface area contributed by atoms with E-state index in [-0.39, 0.29) is 22.9 Å². The smallest absolute Gasteiger partial charge is 0.327 e. The molecule has 4 fully saturated rings. The van der Waals surface area contributed by atoms with E-state index in [1.165, 1.54) is 6.07 Å². The van der Waals surface area contributed by atoms with Crippen molar-refractivity contribution in [2.75, 3.05) is 26.2 Å². The largest absolute Gasteiger partial charge is 0.417 e. The minimum Gasteiger partial charge on any atom is -0.327 e. The van der Waals surface area contributed by atoms with Gasteiger partial charge in [-0.15, -0.1) is 10.2 Å². The number of aromatic amines is 1. The van der Waals surface area contributed by atoms with Crippen molar-refractivity contribution in [2.24, 2.45) is 17.1 Å². The number of amides is 2. The van der Waals surface area contributed by atoms with Crippen LogP contribution in [-0.4, -0.2) is 62.2 Å². The molecule has 0 radical (unpaired) electrons. The summed E-state index contributed by atoms with van der Waals surface area (Å²) < 4.78 is 38.1. The summed E-state index contributed by atoms with van der Waals surface area (Å²) >= 11 is 0. The zero-order chi connectivity index (χ0) is 24.4. The van der Waals surface area contributed by atoms with Crippen LogP contribution in [0.5, 0.6) is 0 Å². The highest BCUT2D eigenvalue weighted by molar-refractivity contribution is 5.75. The van der Waals surface area contributed by atoms with Crippen LogP contribution >= 0.6 is 0 Å². The number of pyridine rings is 1. The van der Waals surface area contributed by atoms with Gasteiger partial charge in [-0.2, -0.15) is 13.2 Å². The molecule has 2 amide bonds. The monoisotopic (exact) mass is 489 g/mol. The second-order valence-electron chi connectivity index (χ2n) is 11.1. The first-order valence-electron chi connectivity index (χ1n) is 12.4. The van der Waals surface area contributed by atoms with Crippen LogP contribution < -0.4 is 5.73 Å². The highest BCUT2D eigenvalue weighted by atomic mass is 19.4. The molecule has 35 heavy (non-hydrogen) atoms. The Balaban J connectivity index is 0.940. The average molecular weight is 490 g/mol. The van der Waals surface area contributed by atoms with Crippen molar-refractivity contribution in [1.82, 2.24) is 30.0 Å². The van der Waals surface area contributed by atoms with Crippen LogP contribution in [0.15, 0.2) is 18.3 Å². The van der Waals surface area contributed by atoms with Gasteiger partial charge in [0.2, 0.25) is 0 Å². The number of nitrogens with zero attached hydrogens (tertiary/aromatic N) is 5. The summed E-state index contributed by atoms with van der Waals surface area (Å²) in [7, 11) is 0. The van der Waals surface area contributed by atoms with Crippen LogP contribution in [0.3, 0.4) is 0 Å². The van der Waals surface area contributed by atoms with Crippen molar-refractivity contribution in [1.29, 1.82) is 0 Å². The predicted octanol–water partition coefficient (Wildman–Crippen LogP) is 3.42. The number of halogens is 3. The number of piperidine rings is 1. The Morgan fingerprint density at radius 1 is 1.11 bits per heavy atom. The summed E-state index contributed by atoms with van der Waals surface area (Å²) in [5, 5.41) is 8.55. The van der Waals surface area contributed by atoms with Gasteiger partial charge in [-0.25, -0.2) is 4.79 Å². The van der Waals surface area contributed by atoms with Gasteiger partial charge in [-0.3, -0.25) is 4.98 Å². The molecule has 2 aromatic rings. The molecule has 188 valence electrons. The molecule has 4 heterocycles. The third kappa shape index (κ3) is 4.28. The van der Waals surface area contributed by atoms with Crippen molar-refractivity contribution in [3.8, 4) is 0 Å². The zero-order valence-electron chi connectivity index (χ0n) is 19.5. The minimum absolute atomic E-state index is 0.110. The predicted molar refractivity (Wildman–Crippen MR) is 120 cm³/mol. The summed E-state index contributed by atoms with van der Waals surface area (Å²) in [5.41, 5.74) is 6.05. The maximum Gasteiger partial charge on any atom is 0.417 e. The van der Waals surface area contributed by atoms with Gasteiger partial charge in [0.25, 0.3) is 0 Å². The molecule has 0 bridgehead atoms. The van der Waals surface area contributed by atoms with Crippen molar-refractivity contribution < 1.29 is 18.0 Å². The van der Waals surface area contributed by atoms with E-state index in [1.54, 1.807) is 0 Å². The van der Waals surface area contributed by atoms with Crippen LogP contribution in [0.4, 0.5) is 18.0 Å². The van der Waals surface area contributed by atoms with E-state index in [4.69, 9.17) is 5.73 Å². The van der Waals surface area contributed by atoms with Crippen molar-refractivity contribution in [3.63, 3.8) is 0 Å². The number of H-pyrrole nitrogens is 1. The van der Waals surface area contributed by atoms with Crippen molar-refractivity contribution in [2.45, 2.75) is 62.6 Å². The number of alkyl halides is 3. The molecular formula is C24H30F3N7O. The highest BCUT2D eigenvalue weighted by Crippen LogP contribution is 2.53. The van der Waals surface area contributed by atoms with Gasteiger partial charge >= 0.3 is 12.2 Å². The Hall–Kier alpha value is -2.69. The number of hydrogen-bond donors (Lipinski definition) is 2. The quantitative estimate of drug-likeness (QED) is 0.685. The van der Waals surface area contributed by atoms with Gasteiger partial charge in [-0.1, -0.05) is 0 Å². The molecule has 4 aliphatic rings. The number of carbonyl (C=O) groups is 1. The Morgan fingerprint density at radius 3 is 2.43 bits per heavy atom. The fraction of sp³-hybridized carbons (Fsp3) is 0.667. The number of aromatic nitrogens is 4. The van der Waals surface area contributed by atoms with E-state index >= 15 is 0 Å². The lowest BCUT2D eigenvalue weighted by Crippen LogP contribution is -2.66. The molecule has 6 rings (SSSR count). The highest BCUT2D eigenvalue weighted by Gasteiger charge is 2.54. The third-order valence-electron chi connectivity index (χ3n) is 8.33. The lowest BCUT2D eigenvalue weighted by molar-refractivity contribution is -0.137. The summed E-state index contributed by atoms with van der Waals surface area (Å²) in [5.74, 6) is 2.36. The number of nitrogens with one attached hydrogen (secondary N) is 1. The molecule has 0 aromatic carbocycles. The molecule has 3 N–H and O–H groups in total. The Labute approximate surface area is 201 Å². The zero-order valence-corrected chi connectivity index (χ0v) is 19.5.